The van der Waals surface area contributed by atoms with Crippen LogP contribution in [0.15, 0.2) is 54.7 Å². The summed E-state index contributed by atoms with van der Waals surface area (Å²) in [5.74, 6) is 0.895. The van der Waals surface area contributed by atoms with E-state index in [4.69, 9.17) is 23.2 Å². The minimum atomic E-state index is 0.384. The van der Waals surface area contributed by atoms with Gasteiger partial charge in [0.2, 0.25) is 5.95 Å². The first-order valence-corrected chi connectivity index (χ1v) is 7.20. The van der Waals surface area contributed by atoms with Gasteiger partial charge in [0.05, 0.1) is 16.9 Å². The van der Waals surface area contributed by atoms with Crippen molar-refractivity contribution in [1.29, 1.82) is 0 Å². The predicted octanol–water partition coefficient (Wildman–Crippen LogP) is 4.67. The summed E-state index contributed by atoms with van der Waals surface area (Å²) in [4.78, 5) is 4.34. The lowest BCUT2D eigenvalue weighted by Crippen LogP contribution is -2.02. The molecule has 0 bridgehead atoms. The number of halogens is 2. The normalized spacial score (nSPS) is 10.3. The van der Waals surface area contributed by atoms with Gasteiger partial charge in [-0.2, -0.15) is 10.1 Å². The van der Waals surface area contributed by atoms with E-state index in [-0.39, 0.29) is 0 Å². The highest BCUT2D eigenvalue weighted by molar-refractivity contribution is 6.35. The van der Waals surface area contributed by atoms with Crippen LogP contribution in [0.25, 0.3) is 0 Å². The van der Waals surface area contributed by atoms with Crippen molar-refractivity contribution in [3.63, 3.8) is 0 Å². The summed E-state index contributed by atoms with van der Waals surface area (Å²) in [7, 11) is 0. The molecule has 0 radical (unpaired) electrons. The molecular weight excluding hydrogens is 321 g/mol. The van der Waals surface area contributed by atoms with Gasteiger partial charge in [-0.25, -0.2) is 0 Å². The van der Waals surface area contributed by atoms with Crippen LogP contribution in [0.1, 0.15) is 0 Å². The van der Waals surface area contributed by atoms with Crippen LogP contribution in [0.2, 0.25) is 10.0 Å². The van der Waals surface area contributed by atoms with E-state index in [1.807, 2.05) is 30.3 Å². The second-order valence-electron chi connectivity index (χ2n) is 4.41. The van der Waals surface area contributed by atoms with Crippen LogP contribution in [0.3, 0.4) is 0 Å². The van der Waals surface area contributed by atoms with Gasteiger partial charge < -0.3 is 10.6 Å². The van der Waals surface area contributed by atoms with Crippen LogP contribution < -0.4 is 10.6 Å². The fourth-order valence-corrected chi connectivity index (χ4v) is 2.14. The summed E-state index contributed by atoms with van der Waals surface area (Å²) in [5, 5.41) is 15.1. The second kappa shape index (κ2) is 6.60. The fraction of sp³-hybridized carbons (Fsp3) is 0. The molecule has 0 aliphatic carbocycles. The standard InChI is InChI=1S/C15H11Cl2N5/c16-10-6-7-12(17)13(8-10)20-14-9-18-22-15(21-14)19-11-4-2-1-3-5-11/h1-9H,(H2,19,20,21,22). The minimum Gasteiger partial charge on any atom is -0.338 e. The predicted molar refractivity (Wildman–Crippen MR) is 89.3 cm³/mol. The van der Waals surface area contributed by atoms with Crippen LogP contribution in [0, 0.1) is 0 Å². The largest absolute Gasteiger partial charge is 0.338 e. The smallest absolute Gasteiger partial charge is 0.249 e. The minimum absolute atomic E-state index is 0.384. The molecule has 2 N–H and O–H groups in total. The van der Waals surface area contributed by atoms with Crippen LogP contribution in [-0.2, 0) is 0 Å². The molecule has 7 heteroatoms. The number of hydrogen-bond acceptors (Lipinski definition) is 5. The van der Waals surface area contributed by atoms with Crippen LogP contribution in [0.5, 0.6) is 0 Å². The van der Waals surface area contributed by atoms with E-state index >= 15 is 0 Å². The van der Waals surface area contributed by atoms with Crippen LogP contribution in [0.4, 0.5) is 23.1 Å². The average Bonchev–Trinajstić information content (AvgIpc) is 2.52. The van der Waals surface area contributed by atoms with Crippen molar-refractivity contribution < 1.29 is 0 Å². The monoisotopic (exact) mass is 331 g/mol. The molecule has 5 nitrogen and oxygen atoms in total. The lowest BCUT2D eigenvalue weighted by Gasteiger charge is -2.09. The number of nitrogens with zero attached hydrogens (tertiary/aromatic N) is 3. The molecule has 0 spiro atoms. The molecule has 0 aliphatic rings. The van der Waals surface area contributed by atoms with Crippen molar-refractivity contribution in [2.45, 2.75) is 0 Å². The quantitative estimate of drug-likeness (QED) is 0.727. The maximum atomic E-state index is 6.12. The Morgan fingerprint density at radius 1 is 0.909 bits per heavy atom. The number of benzene rings is 2. The third-order valence-corrected chi connectivity index (χ3v) is 3.34. The van der Waals surface area contributed by atoms with Gasteiger partial charge in [0, 0.05) is 10.7 Å². The fourth-order valence-electron chi connectivity index (χ4n) is 1.80. The number of rotatable bonds is 4. The average molecular weight is 332 g/mol. The highest BCUT2D eigenvalue weighted by Gasteiger charge is 2.05. The first-order valence-electron chi connectivity index (χ1n) is 6.44. The molecule has 0 saturated heterocycles. The van der Waals surface area contributed by atoms with Crippen LogP contribution in [-0.4, -0.2) is 15.2 Å². The van der Waals surface area contributed by atoms with Gasteiger partial charge in [0.25, 0.3) is 0 Å². The Labute approximate surface area is 137 Å². The van der Waals surface area contributed by atoms with Crippen molar-refractivity contribution in [2.24, 2.45) is 0 Å². The first kappa shape index (κ1) is 14.6. The van der Waals surface area contributed by atoms with Gasteiger partial charge in [-0.3, -0.25) is 0 Å². The summed E-state index contributed by atoms with van der Waals surface area (Å²) in [5.41, 5.74) is 1.53. The Hall–Kier alpha value is -2.37. The maximum Gasteiger partial charge on any atom is 0.249 e. The van der Waals surface area contributed by atoms with Gasteiger partial charge in [0.1, 0.15) is 0 Å². The molecule has 22 heavy (non-hydrogen) atoms. The Balaban J connectivity index is 1.81. The molecule has 0 aliphatic heterocycles. The van der Waals surface area contributed by atoms with Gasteiger partial charge in [-0.15, -0.1) is 5.10 Å². The summed E-state index contributed by atoms with van der Waals surface area (Å²) >= 11 is 12.1. The molecule has 0 saturated carbocycles. The Bertz CT molecular complexity index is 780. The zero-order chi connectivity index (χ0) is 15.4. The molecule has 0 unspecified atom stereocenters. The molecular formula is C15H11Cl2N5. The number of aromatic nitrogens is 3. The number of hydrogen-bond donors (Lipinski definition) is 2. The van der Waals surface area contributed by atoms with Gasteiger partial charge in [-0.05, 0) is 30.3 Å². The molecule has 0 fully saturated rings. The lowest BCUT2D eigenvalue weighted by molar-refractivity contribution is 0.982. The summed E-state index contributed by atoms with van der Waals surface area (Å²) in [6.45, 7) is 0. The summed E-state index contributed by atoms with van der Waals surface area (Å²) < 4.78 is 0. The van der Waals surface area contributed by atoms with Crippen LogP contribution >= 0.6 is 23.2 Å². The van der Waals surface area contributed by atoms with E-state index in [0.29, 0.717) is 27.5 Å². The third kappa shape index (κ3) is 3.63. The second-order valence-corrected chi connectivity index (χ2v) is 5.25. The zero-order valence-electron chi connectivity index (χ0n) is 11.3. The van der Waals surface area contributed by atoms with Crippen molar-refractivity contribution in [1.82, 2.24) is 15.2 Å². The highest BCUT2D eigenvalue weighted by atomic mass is 35.5. The summed E-state index contributed by atoms with van der Waals surface area (Å²) in [6, 6.07) is 14.8. The molecule has 3 aromatic rings. The first-order chi connectivity index (χ1) is 10.7. The topological polar surface area (TPSA) is 62.7 Å². The zero-order valence-corrected chi connectivity index (χ0v) is 12.8. The van der Waals surface area contributed by atoms with Crippen molar-refractivity contribution in [2.75, 3.05) is 10.6 Å². The van der Waals surface area contributed by atoms with E-state index in [2.05, 4.69) is 25.8 Å². The number of para-hydroxylation sites is 1. The van der Waals surface area contributed by atoms with Gasteiger partial charge >= 0.3 is 0 Å². The number of nitrogens with one attached hydrogen (secondary N) is 2. The van der Waals surface area contributed by atoms with E-state index < -0.39 is 0 Å². The lowest BCUT2D eigenvalue weighted by atomic mass is 10.3. The van der Waals surface area contributed by atoms with E-state index in [9.17, 15) is 0 Å². The van der Waals surface area contributed by atoms with Crippen molar-refractivity contribution in [3.05, 3.63) is 64.8 Å². The molecule has 0 amide bonds. The Morgan fingerprint density at radius 2 is 1.73 bits per heavy atom. The van der Waals surface area contributed by atoms with E-state index in [0.717, 1.165) is 5.69 Å². The number of anilines is 4. The Morgan fingerprint density at radius 3 is 2.55 bits per heavy atom. The van der Waals surface area contributed by atoms with E-state index in [1.54, 1.807) is 18.2 Å². The molecule has 1 aromatic heterocycles. The maximum absolute atomic E-state index is 6.12. The van der Waals surface area contributed by atoms with Crippen molar-refractivity contribution in [3.8, 4) is 0 Å². The molecule has 3 rings (SSSR count). The molecule has 0 atom stereocenters. The molecule has 110 valence electrons. The van der Waals surface area contributed by atoms with Crippen molar-refractivity contribution >= 4 is 46.3 Å². The SMILES string of the molecule is Clc1ccc(Cl)c(Nc2cnnc(Nc3ccccc3)n2)c1. The molecule has 1 heterocycles. The van der Waals surface area contributed by atoms with Gasteiger partial charge in [0.15, 0.2) is 5.82 Å². The highest BCUT2D eigenvalue weighted by Crippen LogP contribution is 2.27. The Kier molecular flexibility index (Phi) is 4.37. The molecule has 2 aromatic carbocycles. The van der Waals surface area contributed by atoms with E-state index in [1.165, 1.54) is 6.20 Å². The van der Waals surface area contributed by atoms with Gasteiger partial charge in [-0.1, -0.05) is 41.4 Å². The summed E-state index contributed by atoms with van der Waals surface area (Å²) in [6.07, 6.45) is 1.51. The third-order valence-electron chi connectivity index (χ3n) is 2.78.